The molecule has 0 aromatic heterocycles. The van der Waals surface area contributed by atoms with Gasteiger partial charge in [-0.3, -0.25) is 9.10 Å². The van der Waals surface area contributed by atoms with E-state index in [0.717, 1.165) is 22.5 Å². The molecule has 7 heteroatoms. The van der Waals surface area contributed by atoms with Gasteiger partial charge in [-0.25, -0.2) is 8.42 Å². The molecule has 0 saturated carbocycles. The largest absolute Gasteiger partial charge is 0.494 e. The topological polar surface area (TPSA) is 75.7 Å². The van der Waals surface area contributed by atoms with E-state index in [2.05, 4.69) is 5.32 Å². The lowest BCUT2D eigenvalue weighted by Crippen LogP contribution is -2.37. The summed E-state index contributed by atoms with van der Waals surface area (Å²) in [6.07, 6.45) is 1.98. The lowest BCUT2D eigenvalue weighted by atomic mass is 10.1. The highest BCUT2D eigenvalue weighted by Gasteiger charge is 2.21. The SMILES string of the molecule is CCOc1cccc(N(CC(=O)Nc2ccc(CC)cc2)S(C)(=O)=O)c1. The number of benzene rings is 2. The molecule has 0 unspecified atom stereocenters. The number of carbonyl (C=O) groups is 1. The summed E-state index contributed by atoms with van der Waals surface area (Å²) in [5, 5.41) is 2.73. The van der Waals surface area contributed by atoms with Crippen molar-refractivity contribution in [3.05, 3.63) is 54.1 Å². The molecule has 0 heterocycles. The van der Waals surface area contributed by atoms with E-state index in [-0.39, 0.29) is 6.54 Å². The maximum atomic E-state index is 12.4. The highest BCUT2D eigenvalue weighted by molar-refractivity contribution is 7.92. The Morgan fingerprint density at radius 2 is 1.81 bits per heavy atom. The number of hydrogen-bond donors (Lipinski definition) is 1. The van der Waals surface area contributed by atoms with Gasteiger partial charge >= 0.3 is 0 Å². The number of nitrogens with one attached hydrogen (secondary N) is 1. The number of amides is 1. The summed E-state index contributed by atoms with van der Waals surface area (Å²) in [4.78, 5) is 12.4. The van der Waals surface area contributed by atoms with Gasteiger partial charge in [-0.2, -0.15) is 0 Å². The first-order valence-electron chi connectivity index (χ1n) is 8.42. The number of carbonyl (C=O) groups excluding carboxylic acids is 1. The molecular formula is C19H24N2O4S. The normalized spacial score (nSPS) is 11.0. The van der Waals surface area contributed by atoms with Crippen molar-refractivity contribution >= 4 is 27.3 Å². The highest BCUT2D eigenvalue weighted by Crippen LogP contribution is 2.23. The van der Waals surface area contributed by atoms with Crippen LogP contribution in [0.5, 0.6) is 5.75 Å². The summed E-state index contributed by atoms with van der Waals surface area (Å²) in [7, 11) is -3.63. The van der Waals surface area contributed by atoms with Crippen LogP contribution in [0.3, 0.4) is 0 Å². The minimum absolute atomic E-state index is 0.316. The van der Waals surface area contributed by atoms with Crippen molar-refractivity contribution in [1.82, 2.24) is 0 Å². The van der Waals surface area contributed by atoms with Crippen LogP contribution in [0.4, 0.5) is 11.4 Å². The van der Waals surface area contributed by atoms with Crippen molar-refractivity contribution in [3.8, 4) is 5.75 Å². The van der Waals surface area contributed by atoms with Crippen LogP contribution in [0.1, 0.15) is 19.4 Å². The fourth-order valence-corrected chi connectivity index (χ4v) is 3.30. The van der Waals surface area contributed by atoms with E-state index in [1.807, 2.05) is 26.0 Å². The average Bonchev–Trinajstić information content (AvgIpc) is 2.60. The average molecular weight is 376 g/mol. The van der Waals surface area contributed by atoms with Crippen LogP contribution >= 0.6 is 0 Å². The van der Waals surface area contributed by atoms with Crippen LogP contribution in [0.15, 0.2) is 48.5 Å². The third-order valence-corrected chi connectivity index (χ3v) is 4.89. The molecule has 0 radical (unpaired) electrons. The van der Waals surface area contributed by atoms with Crippen LogP contribution in [0.2, 0.25) is 0 Å². The summed E-state index contributed by atoms with van der Waals surface area (Å²) < 4.78 is 30.8. The summed E-state index contributed by atoms with van der Waals surface area (Å²) in [5.41, 5.74) is 2.17. The molecule has 26 heavy (non-hydrogen) atoms. The first-order chi connectivity index (χ1) is 12.3. The number of rotatable bonds is 8. The fourth-order valence-electron chi connectivity index (χ4n) is 2.45. The van der Waals surface area contributed by atoms with Crippen LogP contribution < -0.4 is 14.4 Å². The van der Waals surface area contributed by atoms with Crippen molar-refractivity contribution in [2.45, 2.75) is 20.3 Å². The van der Waals surface area contributed by atoms with E-state index in [1.165, 1.54) is 0 Å². The predicted octanol–water partition coefficient (Wildman–Crippen LogP) is 3.05. The molecule has 1 amide bonds. The maximum absolute atomic E-state index is 12.4. The van der Waals surface area contributed by atoms with Gasteiger partial charge in [0, 0.05) is 11.8 Å². The molecule has 0 aliphatic rings. The number of nitrogens with zero attached hydrogens (tertiary/aromatic N) is 1. The third kappa shape index (κ3) is 5.49. The van der Waals surface area contributed by atoms with Gasteiger partial charge in [-0.05, 0) is 43.2 Å². The number of hydrogen-bond acceptors (Lipinski definition) is 4. The molecule has 0 saturated heterocycles. The molecule has 0 bridgehead atoms. The van der Waals surface area contributed by atoms with E-state index in [0.29, 0.717) is 23.7 Å². The number of aryl methyl sites for hydroxylation is 1. The van der Waals surface area contributed by atoms with Gasteiger partial charge in [-0.15, -0.1) is 0 Å². The van der Waals surface area contributed by atoms with Gasteiger partial charge in [0.25, 0.3) is 0 Å². The van der Waals surface area contributed by atoms with E-state index < -0.39 is 15.9 Å². The lowest BCUT2D eigenvalue weighted by molar-refractivity contribution is -0.114. The molecule has 0 aliphatic heterocycles. The molecule has 2 rings (SSSR count). The molecular weight excluding hydrogens is 352 g/mol. The molecule has 2 aromatic rings. The molecule has 0 spiro atoms. The zero-order valence-electron chi connectivity index (χ0n) is 15.2. The Kier molecular flexibility index (Phi) is 6.63. The summed E-state index contributed by atoms with van der Waals surface area (Å²) in [5.74, 6) is 0.135. The van der Waals surface area contributed by atoms with Crippen molar-refractivity contribution in [2.75, 3.05) is 29.0 Å². The van der Waals surface area contributed by atoms with Gasteiger partial charge < -0.3 is 10.1 Å². The molecule has 0 aliphatic carbocycles. The zero-order chi connectivity index (χ0) is 19.2. The van der Waals surface area contributed by atoms with Gasteiger partial charge in [0.2, 0.25) is 15.9 Å². The second-order valence-corrected chi connectivity index (χ2v) is 7.71. The van der Waals surface area contributed by atoms with Crippen molar-refractivity contribution in [3.63, 3.8) is 0 Å². The zero-order valence-corrected chi connectivity index (χ0v) is 16.0. The number of anilines is 2. The molecule has 140 valence electrons. The van der Waals surface area contributed by atoms with Crippen molar-refractivity contribution in [1.29, 1.82) is 0 Å². The van der Waals surface area contributed by atoms with Crippen LogP contribution in [0, 0.1) is 0 Å². The smallest absolute Gasteiger partial charge is 0.245 e. The Morgan fingerprint density at radius 1 is 1.12 bits per heavy atom. The van der Waals surface area contributed by atoms with Crippen LogP contribution in [0.25, 0.3) is 0 Å². The van der Waals surface area contributed by atoms with E-state index in [9.17, 15) is 13.2 Å². The van der Waals surface area contributed by atoms with Crippen molar-refractivity contribution in [2.24, 2.45) is 0 Å². The van der Waals surface area contributed by atoms with E-state index in [1.54, 1.807) is 36.4 Å². The first kappa shape index (κ1) is 19.8. The van der Waals surface area contributed by atoms with Crippen LogP contribution in [-0.4, -0.2) is 33.7 Å². The Bertz CT molecular complexity index is 848. The van der Waals surface area contributed by atoms with Gasteiger partial charge in [0.05, 0.1) is 18.6 Å². The highest BCUT2D eigenvalue weighted by atomic mass is 32.2. The standard InChI is InChI=1S/C19H24N2O4S/c1-4-15-9-11-16(12-10-15)20-19(22)14-21(26(3,23)24)17-7-6-8-18(13-17)25-5-2/h6-13H,4-5,14H2,1-3H3,(H,20,22). The van der Waals surface area contributed by atoms with Crippen LogP contribution in [-0.2, 0) is 21.2 Å². The Morgan fingerprint density at radius 3 is 2.38 bits per heavy atom. The third-order valence-electron chi connectivity index (χ3n) is 3.75. The first-order valence-corrected chi connectivity index (χ1v) is 10.3. The number of sulfonamides is 1. The molecule has 2 aromatic carbocycles. The molecule has 6 nitrogen and oxygen atoms in total. The van der Waals surface area contributed by atoms with E-state index in [4.69, 9.17) is 4.74 Å². The summed E-state index contributed by atoms with van der Waals surface area (Å²) in [6.45, 7) is 4.05. The summed E-state index contributed by atoms with van der Waals surface area (Å²) >= 11 is 0. The monoisotopic (exact) mass is 376 g/mol. The lowest BCUT2D eigenvalue weighted by Gasteiger charge is -2.22. The maximum Gasteiger partial charge on any atom is 0.245 e. The Labute approximate surface area is 154 Å². The van der Waals surface area contributed by atoms with E-state index >= 15 is 0 Å². The number of ether oxygens (including phenoxy) is 1. The Hall–Kier alpha value is -2.54. The van der Waals surface area contributed by atoms with Gasteiger partial charge in [-0.1, -0.05) is 25.1 Å². The second-order valence-electron chi connectivity index (χ2n) is 5.80. The predicted molar refractivity (Wildman–Crippen MR) is 104 cm³/mol. The minimum Gasteiger partial charge on any atom is -0.494 e. The van der Waals surface area contributed by atoms with Gasteiger partial charge in [0.15, 0.2) is 0 Å². The molecule has 0 atom stereocenters. The van der Waals surface area contributed by atoms with Crippen molar-refractivity contribution < 1.29 is 17.9 Å². The second kappa shape index (κ2) is 8.71. The molecule has 1 N–H and O–H groups in total. The minimum atomic E-state index is -3.63. The quantitative estimate of drug-likeness (QED) is 0.768. The van der Waals surface area contributed by atoms with Gasteiger partial charge in [0.1, 0.15) is 12.3 Å². The fraction of sp³-hybridized carbons (Fsp3) is 0.316. The Balaban J connectivity index is 2.17. The molecule has 0 fully saturated rings. The summed E-state index contributed by atoms with van der Waals surface area (Å²) in [6, 6.07) is 14.1.